The molecule has 1 aliphatic carbocycles. The van der Waals surface area contributed by atoms with Crippen molar-refractivity contribution in [1.82, 2.24) is 0 Å². The molecule has 0 fully saturated rings. The Balaban J connectivity index is 1.50. The number of aryl methyl sites for hydroxylation is 2. The Morgan fingerprint density at radius 2 is 2.10 bits per heavy atom. The molecule has 0 spiro atoms. The number of carbonyl (C=O) groups excluding carboxylic acids is 1. The molecule has 0 atom stereocenters. The molecular formula is C22H19ClN2O4S. The van der Waals surface area contributed by atoms with Gasteiger partial charge in [0.1, 0.15) is 22.4 Å². The van der Waals surface area contributed by atoms with E-state index in [1.807, 2.05) is 0 Å². The van der Waals surface area contributed by atoms with Crippen molar-refractivity contribution in [3.63, 3.8) is 0 Å². The van der Waals surface area contributed by atoms with Crippen LogP contribution in [0, 0.1) is 18.3 Å². The second-order valence-electron chi connectivity index (χ2n) is 7.24. The van der Waals surface area contributed by atoms with E-state index >= 15 is 0 Å². The molecule has 8 heteroatoms. The Bertz CT molecular complexity index is 1240. The summed E-state index contributed by atoms with van der Waals surface area (Å²) in [7, 11) is 0. The average Bonchev–Trinajstić information content (AvgIpc) is 2.86. The van der Waals surface area contributed by atoms with Crippen molar-refractivity contribution in [1.29, 1.82) is 5.26 Å². The normalized spacial score (nSPS) is 13.4. The molecule has 0 bridgehead atoms. The first-order valence-electron chi connectivity index (χ1n) is 9.67. The number of nitriles is 1. The summed E-state index contributed by atoms with van der Waals surface area (Å²) in [5.41, 5.74) is 2.25. The van der Waals surface area contributed by atoms with Crippen LogP contribution in [0.1, 0.15) is 40.8 Å². The van der Waals surface area contributed by atoms with Crippen molar-refractivity contribution in [3.05, 3.63) is 55.2 Å². The van der Waals surface area contributed by atoms with Crippen LogP contribution in [0.25, 0.3) is 11.0 Å². The van der Waals surface area contributed by atoms with Gasteiger partial charge in [-0.3, -0.25) is 4.79 Å². The maximum atomic E-state index is 12.5. The molecule has 0 radical (unpaired) electrons. The number of hydrogen-bond donors (Lipinski definition) is 1. The number of benzene rings is 1. The lowest BCUT2D eigenvalue weighted by molar-refractivity contribution is -0.118. The van der Waals surface area contributed by atoms with E-state index < -0.39 is 5.63 Å². The van der Waals surface area contributed by atoms with Crippen LogP contribution in [-0.4, -0.2) is 12.5 Å². The monoisotopic (exact) mass is 442 g/mol. The zero-order chi connectivity index (χ0) is 21.3. The van der Waals surface area contributed by atoms with E-state index in [4.69, 9.17) is 20.8 Å². The Morgan fingerprint density at radius 3 is 2.90 bits per heavy atom. The number of hydrogen-bond acceptors (Lipinski definition) is 6. The lowest BCUT2D eigenvalue weighted by Crippen LogP contribution is -2.20. The third kappa shape index (κ3) is 4.07. The summed E-state index contributed by atoms with van der Waals surface area (Å²) in [5, 5.41) is 14.0. The highest BCUT2D eigenvalue weighted by atomic mass is 35.5. The van der Waals surface area contributed by atoms with Crippen LogP contribution in [0.2, 0.25) is 5.02 Å². The number of anilines is 1. The van der Waals surface area contributed by atoms with Gasteiger partial charge in [-0.2, -0.15) is 5.26 Å². The Kier molecular flexibility index (Phi) is 5.80. The first kappa shape index (κ1) is 20.5. The first-order valence-corrected chi connectivity index (χ1v) is 10.9. The standard InChI is InChI=1S/C22H19ClN2O4S/c1-12-7-21(27)29-17-9-18(16(23)8-14(12)17)28-11-20(26)25-22-15(10-24)13-5-3-2-4-6-19(13)30-22/h7-9H,2-6,11H2,1H3,(H,25,26). The summed E-state index contributed by atoms with van der Waals surface area (Å²) in [4.78, 5) is 25.3. The summed E-state index contributed by atoms with van der Waals surface area (Å²) in [6, 6.07) is 6.79. The van der Waals surface area contributed by atoms with Crippen LogP contribution in [-0.2, 0) is 17.6 Å². The zero-order valence-electron chi connectivity index (χ0n) is 16.3. The van der Waals surface area contributed by atoms with E-state index in [1.165, 1.54) is 28.3 Å². The molecule has 0 aliphatic heterocycles. The number of rotatable bonds is 4. The minimum atomic E-state index is -0.465. The van der Waals surface area contributed by atoms with Crippen LogP contribution in [0.4, 0.5) is 5.00 Å². The lowest BCUT2D eigenvalue weighted by atomic mass is 10.1. The summed E-state index contributed by atoms with van der Waals surface area (Å²) >= 11 is 7.75. The Hall–Kier alpha value is -2.82. The van der Waals surface area contributed by atoms with Gasteiger partial charge in [0, 0.05) is 22.4 Å². The van der Waals surface area contributed by atoms with Crippen molar-refractivity contribution in [2.75, 3.05) is 11.9 Å². The molecule has 30 heavy (non-hydrogen) atoms. The highest BCUT2D eigenvalue weighted by Gasteiger charge is 2.21. The molecule has 0 saturated carbocycles. The first-order chi connectivity index (χ1) is 14.5. The molecule has 2 heterocycles. The summed E-state index contributed by atoms with van der Waals surface area (Å²) in [5.74, 6) is -0.139. The predicted molar refractivity (Wildman–Crippen MR) is 117 cm³/mol. The van der Waals surface area contributed by atoms with Gasteiger partial charge >= 0.3 is 5.63 Å². The van der Waals surface area contributed by atoms with Crippen molar-refractivity contribution < 1.29 is 13.9 Å². The van der Waals surface area contributed by atoms with E-state index in [9.17, 15) is 14.9 Å². The summed E-state index contributed by atoms with van der Waals surface area (Å²) < 4.78 is 10.8. The number of halogens is 1. The number of nitrogens with one attached hydrogen (secondary N) is 1. The largest absolute Gasteiger partial charge is 0.482 e. The van der Waals surface area contributed by atoms with Gasteiger partial charge in [-0.1, -0.05) is 18.0 Å². The molecule has 3 aromatic rings. The fraction of sp³-hybridized carbons (Fsp3) is 0.318. The highest BCUT2D eigenvalue weighted by Crippen LogP contribution is 2.37. The van der Waals surface area contributed by atoms with Gasteiger partial charge in [0.25, 0.3) is 5.91 Å². The molecule has 2 aromatic heterocycles. The lowest BCUT2D eigenvalue weighted by Gasteiger charge is -2.10. The smallest absolute Gasteiger partial charge is 0.336 e. The molecule has 0 unspecified atom stereocenters. The molecule has 1 aliphatic rings. The van der Waals surface area contributed by atoms with Crippen LogP contribution in [0.5, 0.6) is 5.75 Å². The summed E-state index contributed by atoms with van der Waals surface area (Å²) in [6.45, 7) is 1.51. The fourth-order valence-electron chi connectivity index (χ4n) is 3.69. The summed E-state index contributed by atoms with van der Waals surface area (Å²) in [6.07, 6.45) is 5.14. The molecule has 1 amide bonds. The topological polar surface area (TPSA) is 92.3 Å². The molecule has 1 N–H and O–H groups in total. The highest BCUT2D eigenvalue weighted by molar-refractivity contribution is 7.16. The van der Waals surface area contributed by atoms with Crippen LogP contribution in [0.3, 0.4) is 0 Å². The fourth-order valence-corrected chi connectivity index (χ4v) is 5.16. The van der Waals surface area contributed by atoms with Crippen molar-refractivity contribution in [3.8, 4) is 11.8 Å². The third-order valence-electron chi connectivity index (χ3n) is 5.15. The van der Waals surface area contributed by atoms with Gasteiger partial charge < -0.3 is 14.5 Å². The van der Waals surface area contributed by atoms with Crippen molar-refractivity contribution >= 4 is 44.8 Å². The van der Waals surface area contributed by atoms with Crippen LogP contribution in [0.15, 0.2) is 27.4 Å². The third-order valence-corrected chi connectivity index (χ3v) is 6.65. The molecule has 1 aromatic carbocycles. The number of amides is 1. The molecule has 154 valence electrons. The van der Waals surface area contributed by atoms with Crippen molar-refractivity contribution in [2.24, 2.45) is 0 Å². The number of carbonyl (C=O) groups is 1. The predicted octanol–water partition coefficient (Wildman–Crippen LogP) is 4.97. The van der Waals surface area contributed by atoms with Crippen LogP contribution >= 0.6 is 22.9 Å². The second kappa shape index (κ2) is 8.50. The molecule has 4 rings (SSSR count). The average molecular weight is 443 g/mol. The molecule has 6 nitrogen and oxygen atoms in total. The van der Waals surface area contributed by atoms with E-state index in [-0.39, 0.29) is 18.3 Å². The van der Waals surface area contributed by atoms with Gasteiger partial charge in [-0.05, 0) is 49.8 Å². The SMILES string of the molecule is Cc1cc(=O)oc2cc(OCC(=O)Nc3sc4c(c3C#N)CCCCC4)c(Cl)cc12. The van der Waals surface area contributed by atoms with E-state index in [1.54, 1.807) is 13.0 Å². The zero-order valence-corrected chi connectivity index (χ0v) is 17.9. The van der Waals surface area contributed by atoms with Gasteiger partial charge in [0.2, 0.25) is 0 Å². The van der Waals surface area contributed by atoms with Gasteiger partial charge in [0.15, 0.2) is 6.61 Å². The van der Waals surface area contributed by atoms with Crippen molar-refractivity contribution in [2.45, 2.75) is 39.0 Å². The minimum absolute atomic E-state index is 0.246. The van der Waals surface area contributed by atoms with Gasteiger partial charge in [0.05, 0.1) is 10.6 Å². The number of ether oxygens (including phenoxy) is 1. The Morgan fingerprint density at radius 1 is 1.30 bits per heavy atom. The number of thiophene rings is 1. The number of nitrogens with zero attached hydrogens (tertiary/aromatic N) is 1. The van der Waals surface area contributed by atoms with Crippen LogP contribution < -0.4 is 15.7 Å². The van der Waals surface area contributed by atoms with E-state index in [2.05, 4.69) is 11.4 Å². The minimum Gasteiger partial charge on any atom is -0.482 e. The quantitative estimate of drug-likeness (QED) is 0.454. The maximum Gasteiger partial charge on any atom is 0.336 e. The molecule has 0 saturated heterocycles. The number of fused-ring (bicyclic) bond motifs is 2. The Labute approximate surface area is 182 Å². The second-order valence-corrected chi connectivity index (χ2v) is 8.76. The maximum absolute atomic E-state index is 12.5. The molecular weight excluding hydrogens is 424 g/mol. The van der Waals surface area contributed by atoms with Gasteiger partial charge in [-0.15, -0.1) is 11.3 Å². The van der Waals surface area contributed by atoms with E-state index in [0.717, 1.165) is 43.2 Å². The van der Waals surface area contributed by atoms with E-state index in [0.29, 0.717) is 26.6 Å². The van der Waals surface area contributed by atoms with Gasteiger partial charge in [-0.25, -0.2) is 4.79 Å².